The van der Waals surface area contributed by atoms with E-state index in [0.717, 1.165) is 27.9 Å². The van der Waals surface area contributed by atoms with Crippen molar-refractivity contribution < 1.29 is 9.53 Å². The zero-order valence-corrected chi connectivity index (χ0v) is 16.7. The number of nitrogens with zero attached hydrogens (tertiary/aromatic N) is 1. The Balaban J connectivity index is 1.35. The van der Waals surface area contributed by atoms with Crippen LogP contribution in [0.1, 0.15) is 11.1 Å². The number of hydrogen-bond donors (Lipinski definition) is 4. The van der Waals surface area contributed by atoms with E-state index in [1.54, 1.807) is 37.6 Å². The average molecular weight is 407 g/mol. The van der Waals surface area contributed by atoms with Gasteiger partial charge in [0.15, 0.2) is 5.11 Å². The van der Waals surface area contributed by atoms with Gasteiger partial charge in [0.2, 0.25) is 0 Å². The Morgan fingerprint density at radius 1 is 1.14 bits per heavy atom. The maximum atomic E-state index is 11.8. The van der Waals surface area contributed by atoms with Gasteiger partial charge in [0.05, 0.1) is 7.11 Å². The number of carbonyl (C=O) groups is 1. The number of nitrogens with one attached hydrogen (secondary N) is 4. The fourth-order valence-corrected chi connectivity index (χ4v) is 2.78. The number of benzene rings is 1. The molecule has 0 radical (unpaired) electrons. The van der Waals surface area contributed by atoms with Crippen molar-refractivity contribution in [2.75, 3.05) is 20.2 Å². The second-order valence-corrected chi connectivity index (χ2v) is 6.46. The molecule has 3 aromatic rings. The van der Waals surface area contributed by atoms with Gasteiger partial charge in [-0.05, 0) is 54.2 Å². The topological polar surface area (TPSA) is 91.1 Å². The van der Waals surface area contributed by atoms with Crippen LogP contribution in [0.25, 0.3) is 11.0 Å². The Morgan fingerprint density at radius 3 is 2.72 bits per heavy atom. The highest BCUT2D eigenvalue weighted by Gasteiger charge is 2.03. The van der Waals surface area contributed by atoms with Crippen LogP contribution in [-0.2, 0) is 11.3 Å². The van der Waals surface area contributed by atoms with E-state index in [1.807, 2.05) is 18.3 Å². The molecule has 0 bridgehead atoms. The summed E-state index contributed by atoms with van der Waals surface area (Å²) in [5.74, 6) is 5.78. The number of thiocarbonyl (C=S) groups is 1. The van der Waals surface area contributed by atoms with Crippen molar-refractivity contribution >= 4 is 34.3 Å². The van der Waals surface area contributed by atoms with Crippen LogP contribution in [0.4, 0.5) is 0 Å². The fraction of sp³-hybridized carbons (Fsp3) is 0.190. The minimum absolute atomic E-state index is 0.340. The lowest BCUT2D eigenvalue weighted by Gasteiger charge is -2.11. The van der Waals surface area contributed by atoms with E-state index in [-0.39, 0.29) is 5.91 Å². The molecule has 148 valence electrons. The number of hydrogen-bond acceptors (Lipinski definition) is 4. The van der Waals surface area contributed by atoms with Crippen LogP contribution in [-0.4, -0.2) is 41.2 Å². The number of ether oxygens (including phenoxy) is 1. The van der Waals surface area contributed by atoms with E-state index in [1.165, 1.54) is 0 Å². The molecule has 0 atom stereocenters. The summed E-state index contributed by atoms with van der Waals surface area (Å²) in [5, 5.41) is 10.5. The van der Waals surface area contributed by atoms with Crippen LogP contribution >= 0.6 is 12.2 Å². The highest BCUT2D eigenvalue weighted by molar-refractivity contribution is 7.80. The van der Waals surface area contributed by atoms with E-state index in [4.69, 9.17) is 17.0 Å². The van der Waals surface area contributed by atoms with Crippen LogP contribution in [0.15, 0.2) is 48.8 Å². The maximum absolute atomic E-state index is 11.8. The summed E-state index contributed by atoms with van der Waals surface area (Å²) >= 11 is 5.27. The maximum Gasteiger partial charge on any atom is 0.296 e. The summed E-state index contributed by atoms with van der Waals surface area (Å²) < 4.78 is 5.08. The number of fused-ring (bicyclic) bond motifs is 1. The number of pyridine rings is 1. The fourth-order valence-electron chi connectivity index (χ4n) is 2.61. The zero-order chi connectivity index (χ0) is 20.5. The Hall–Kier alpha value is -3.57. The minimum atomic E-state index is -0.340. The van der Waals surface area contributed by atoms with E-state index >= 15 is 0 Å². The van der Waals surface area contributed by atoms with E-state index in [0.29, 0.717) is 24.7 Å². The first-order valence-electron chi connectivity index (χ1n) is 9.02. The molecule has 0 saturated carbocycles. The normalized spacial score (nSPS) is 9.97. The highest BCUT2D eigenvalue weighted by atomic mass is 32.1. The molecule has 0 aliphatic carbocycles. The quantitative estimate of drug-likeness (QED) is 0.283. The third kappa shape index (κ3) is 5.96. The Morgan fingerprint density at radius 2 is 1.93 bits per heavy atom. The molecule has 0 fully saturated rings. The zero-order valence-electron chi connectivity index (χ0n) is 15.9. The molecule has 2 heterocycles. The molecule has 8 heteroatoms. The summed E-state index contributed by atoms with van der Waals surface area (Å²) in [6, 6.07) is 11.1. The largest absolute Gasteiger partial charge is 0.497 e. The number of amides is 1. The molecule has 0 spiro atoms. The Kier molecular flexibility index (Phi) is 7.03. The first kappa shape index (κ1) is 20.2. The summed E-state index contributed by atoms with van der Waals surface area (Å²) in [6.07, 6.45) is 3.62. The van der Waals surface area contributed by atoms with E-state index in [2.05, 4.69) is 37.8 Å². The number of methoxy groups -OCH3 is 1. The lowest BCUT2D eigenvalue weighted by molar-refractivity contribution is -0.115. The van der Waals surface area contributed by atoms with Crippen LogP contribution < -0.4 is 20.7 Å². The van der Waals surface area contributed by atoms with Crippen molar-refractivity contribution in [3.63, 3.8) is 0 Å². The van der Waals surface area contributed by atoms with E-state index < -0.39 is 0 Å². The molecular weight excluding hydrogens is 386 g/mol. The van der Waals surface area contributed by atoms with Crippen molar-refractivity contribution in [1.82, 2.24) is 25.9 Å². The second-order valence-electron chi connectivity index (χ2n) is 6.05. The van der Waals surface area contributed by atoms with Crippen LogP contribution in [0.2, 0.25) is 0 Å². The number of H-pyrrole nitrogens is 1. The molecule has 7 nitrogen and oxygen atoms in total. The molecule has 4 N–H and O–H groups in total. The molecule has 1 aromatic carbocycles. The van der Waals surface area contributed by atoms with Crippen molar-refractivity contribution in [3.8, 4) is 17.6 Å². The van der Waals surface area contributed by atoms with Gasteiger partial charge in [0.25, 0.3) is 5.91 Å². The molecule has 2 aromatic heterocycles. The van der Waals surface area contributed by atoms with Crippen LogP contribution in [0, 0.1) is 11.8 Å². The molecule has 1 amide bonds. The predicted molar refractivity (Wildman–Crippen MR) is 116 cm³/mol. The number of aromatic amines is 1. The van der Waals surface area contributed by atoms with Gasteiger partial charge in [-0.25, -0.2) is 4.98 Å². The van der Waals surface area contributed by atoms with Gasteiger partial charge in [0.1, 0.15) is 11.4 Å². The first-order valence-corrected chi connectivity index (χ1v) is 9.43. The van der Waals surface area contributed by atoms with Gasteiger partial charge in [-0.15, -0.1) is 0 Å². The molecule has 0 unspecified atom stereocenters. The summed E-state index contributed by atoms with van der Waals surface area (Å²) in [7, 11) is 1.60. The summed E-state index contributed by atoms with van der Waals surface area (Å²) in [5.41, 5.74) is 2.70. The summed E-state index contributed by atoms with van der Waals surface area (Å²) in [4.78, 5) is 19.1. The Labute approximate surface area is 174 Å². The molecule has 0 aliphatic heterocycles. The monoisotopic (exact) mass is 407 g/mol. The average Bonchev–Trinajstić information content (AvgIpc) is 3.23. The lowest BCUT2D eigenvalue weighted by Crippen LogP contribution is -2.39. The van der Waals surface area contributed by atoms with Gasteiger partial charge in [-0.2, -0.15) is 0 Å². The van der Waals surface area contributed by atoms with Gasteiger partial charge < -0.3 is 25.7 Å². The third-order valence-corrected chi connectivity index (χ3v) is 4.39. The standard InChI is InChI=1S/C21H21N5O2S/c1-28-17-5-2-15(3-6-17)4-7-19(27)22-12-13-25-21(29)26-14-16-8-10-23-20-18(16)9-11-24-20/h2-3,5-6,8-11H,12-14H2,1H3,(H,22,27)(H,23,24)(H2,25,26,29). The number of aromatic nitrogens is 2. The van der Waals surface area contributed by atoms with Crippen molar-refractivity contribution in [3.05, 3.63) is 59.9 Å². The third-order valence-electron chi connectivity index (χ3n) is 4.10. The molecule has 0 saturated heterocycles. The lowest BCUT2D eigenvalue weighted by atomic mass is 10.2. The molecule has 0 aliphatic rings. The SMILES string of the molecule is COc1ccc(C#CC(=O)NCCNC(=S)NCc2ccnc3[nH]ccc23)cc1. The van der Waals surface area contributed by atoms with E-state index in [9.17, 15) is 4.79 Å². The minimum Gasteiger partial charge on any atom is -0.497 e. The van der Waals surface area contributed by atoms with Crippen molar-refractivity contribution in [1.29, 1.82) is 0 Å². The van der Waals surface area contributed by atoms with Crippen molar-refractivity contribution in [2.45, 2.75) is 6.54 Å². The number of rotatable bonds is 6. The Bertz CT molecular complexity index is 1050. The van der Waals surface area contributed by atoms with Crippen molar-refractivity contribution in [2.24, 2.45) is 0 Å². The van der Waals surface area contributed by atoms with Crippen LogP contribution in [0.3, 0.4) is 0 Å². The van der Waals surface area contributed by atoms with Gasteiger partial charge in [-0.1, -0.05) is 5.92 Å². The summed E-state index contributed by atoms with van der Waals surface area (Å²) in [6.45, 7) is 1.50. The molecular formula is C21H21N5O2S. The smallest absolute Gasteiger partial charge is 0.296 e. The van der Waals surface area contributed by atoms with Gasteiger partial charge in [-0.3, -0.25) is 4.79 Å². The van der Waals surface area contributed by atoms with Gasteiger partial charge >= 0.3 is 0 Å². The highest BCUT2D eigenvalue weighted by Crippen LogP contribution is 2.14. The van der Waals surface area contributed by atoms with Crippen LogP contribution in [0.5, 0.6) is 5.75 Å². The molecule has 3 rings (SSSR count). The van der Waals surface area contributed by atoms with Gasteiger partial charge in [0, 0.05) is 48.9 Å². The predicted octanol–water partition coefficient (Wildman–Crippen LogP) is 1.70. The number of carbonyl (C=O) groups excluding carboxylic acids is 1. The first-order chi connectivity index (χ1) is 14.2. The second kappa shape index (κ2) is 10.1. The molecule has 29 heavy (non-hydrogen) atoms.